The van der Waals surface area contributed by atoms with Crippen LogP contribution in [0.1, 0.15) is 18.3 Å². The molecule has 0 atom stereocenters. The zero-order valence-corrected chi connectivity index (χ0v) is 10.2. The van der Waals surface area contributed by atoms with Gasteiger partial charge in [-0.15, -0.1) is 0 Å². The van der Waals surface area contributed by atoms with Crippen LogP contribution in [0.3, 0.4) is 0 Å². The van der Waals surface area contributed by atoms with Crippen molar-refractivity contribution < 1.29 is 9.53 Å². The van der Waals surface area contributed by atoms with Crippen molar-refractivity contribution in [1.29, 1.82) is 0 Å². The molecule has 0 aliphatic rings. The summed E-state index contributed by atoms with van der Waals surface area (Å²) in [4.78, 5) is 15.7. The SMILES string of the molecule is CCOC(=O)Nc1ccc2nc(C)c(C)n2c1. The van der Waals surface area contributed by atoms with Crippen LogP contribution in [0.2, 0.25) is 0 Å². The van der Waals surface area contributed by atoms with Gasteiger partial charge in [0.25, 0.3) is 0 Å². The average Bonchev–Trinajstić information content (AvgIpc) is 2.56. The van der Waals surface area contributed by atoms with E-state index in [0.29, 0.717) is 12.3 Å². The number of carbonyl (C=O) groups excluding carboxylic acids is 1. The Morgan fingerprint density at radius 1 is 1.47 bits per heavy atom. The number of carbonyl (C=O) groups is 1. The Labute approximate surface area is 99.4 Å². The zero-order chi connectivity index (χ0) is 12.4. The lowest BCUT2D eigenvalue weighted by molar-refractivity contribution is 0.168. The third kappa shape index (κ3) is 2.22. The topological polar surface area (TPSA) is 55.6 Å². The molecule has 0 radical (unpaired) electrons. The molecule has 1 N–H and O–H groups in total. The van der Waals surface area contributed by atoms with Gasteiger partial charge >= 0.3 is 6.09 Å². The fraction of sp³-hybridized carbons (Fsp3) is 0.333. The summed E-state index contributed by atoms with van der Waals surface area (Å²) in [6.45, 7) is 6.08. The minimum atomic E-state index is -0.443. The molecule has 2 aromatic rings. The van der Waals surface area contributed by atoms with Gasteiger partial charge < -0.3 is 9.14 Å². The fourth-order valence-electron chi connectivity index (χ4n) is 1.64. The van der Waals surface area contributed by atoms with Crippen LogP contribution in [-0.2, 0) is 4.74 Å². The van der Waals surface area contributed by atoms with E-state index in [-0.39, 0.29) is 0 Å². The third-order valence-electron chi connectivity index (χ3n) is 2.62. The lowest BCUT2D eigenvalue weighted by atomic mass is 10.4. The predicted octanol–water partition coefficient (Wildman–Crippen LogP) is 2.52. The maximum Gasteiger partial charge on any atom is 0.411 e. The van der Waals surface area contributed by atoms with Gasteiger partial charge in [-0.25, -0.2) is 9.78 Å². The second-order valence-corrected chi connectivity index (χ2v) is 3.77. The highest BCUT2D eigenvalue weighted by Crippen LogP contribution is 2.15. The lowest BCUT2D eigenvalue weighted by Crippen LogP contribution is -2.13. The molecule has 0 bridgehead atoms. The van der Waals surface area contributed by atoms with E-state index in [4.69, 9.17) is 4.74 Å². The van der Waals surface area contributed by atoms with Crippen LogP contribution in [0, 0.1) is 13.8 Å². The van der Waals surface area contributed by atoms with Gasteiger partial charge in [0.2, 0.25) is 0 Å². The quantitative estimate of drug-likeness (QED) is 0.867. The number of rotatable bonds is 2. The van der Waals surface area contributed by atoms with Crippen molar-refractivity contribution in [3.05, 3.63) is 29.7 Å². The van der Waals surface area contributed by atoms with Gasteiger partial charge in [-0.05, 0) is 32.9 Å². The summed E-state index contributed by atoms with van der Waals surface area (Å²) in [6, 6.07) is 3.67. The number of aromatic nitrogens is 2. The lowest BCUT2D eigenvalue weighted by Gasteiger charge is -2.06. The van der Waals surface area contributed by atoms with Crippen LogP contribution in [0.5, 0.6) is 0 Å². The number of amides is 1. The van der Waals surface area contributed by atoms with Crippen molar-refractivity contribution in [2.45, 2.75) is 20.8 Å². The van der Waals surface area contributed by atoms with E-state index >= 15 is 0 Å². The number of pyridine rings is 1. The van der Waals surface area contributed by atoms with Crippen molar-refractivity contribution in [2.75, 3.05) is 11.9 Å². The molecule has 0 saturated carbocycles. The molecule has 17 heavy (non-hydrogen) atoms. The first kappa shape index (κ1) is 11.4. The van der Waals surface area contributed by atoms with Crippen molar-refractivity contribution in [1.82, 2.24) is 9.38 Å². The summed E-state index contributed by atoms with van der Waals surface area (Å²) in [5, 5.41) is 2.66. The average molecular weight is 233 g/mol. The summed E-state index contributed by atoms with van der Waals surface area (Å²) in [5.74, 6) is 0. The molecule has 0 aliphatic carbocycles. The van der Waals surface area contributed by atoms with Crippen LogP contribution < -0.4 is 5.32 Å². The first-order chi connectivity index (χ1) is 8.11. The van der Waals surface area contributed by atoms with E-state index in [1.54, 1.807) is 13.0 Å². The number of ether oxygens (including phenoxy) is 1. The second-order valence-electron chi connectivity index (χ2n) is 3.77. The number of anilines is 1. The summed E-state index contributed by atoms with van der Waals surface area (Å²) < 4.78 is 6.76. The van der Waals surface area contributed by atoms with Gasteiger partial charge in [0.15, 0.2) is 0 Å². The van der Waals surface area contributed by atoms with Crippen molar-refractivity contribution in [2.24, 2.45) is 0 Å². The van der Waals surface area contributed by atoms with Crippen LogP contribution >= 0.6 is 0 Å². The fourth-order valence-corrected chi connectivity index (χ4v) is 1.64. The van der Waals surface area contributed by atoms with E-state index < -0.39 is 6.09 Å². The van der Waals surface area contributed by atoms with Gasteiger partial charge in [0, 0.05) is 11.9 Å². The molecule has 5 heteroatoms. The van der Waals surface area contributed by atoms with Crippen molar-refractivity contribution >= 4 is 17.4 Å². The highest BCUT2D eigenvalue weighted by Gasteiger charge is 2.06. The molecule has 0 saturated heterocycles. The second kappa shape index (κ2) is 4.45. The molecular weight excluding hydrogens is 218 g/mol. The van der Waals surface area contributed by atoms with Crippen LogP contribution in [0.25, 0.3) is 5.65 Å². The summed E-state index contributed by atoms with van der Waals surface area (Å²) in [7, 11) is 0. The van der Waals surface area contributed by atoms with Gasteiger partial charge in [-0.3, -0.25) is 5.32 Å². The zero-order valence-electron chi connectivity index (χ0n) is 10.2. The molecule has 0 aromatic carbocycles. The Morgan fingerprint density at radius 2 is 2.24 bits per heavy atom. The Balaban J connectivity index is 2.31. The first-order valence-electron chi connectivity index (χ1n) is 5.51. The number of aryl methyl sites for hydroxylation is 2. The Kier molecular flexibility index (Phi) is 2.99. The number of imidazole rings is 1. The highest BCUT2D eigenvalue weighted by atomic mass is 16.5. The first-order valence-corrected chi connectivity index (χ1v) is 5.51. The minimum Gasteiger partial charge on any atom is -0.450 e. The van der Waals surface area contributed by atoms with E-state index in [1.165, 1.54) is 0 Å². The van der Waals surface area contributed by atoms with Crippen molar-refractivity contribution in [3.8, 4) is 0 Å². The molecule has 90 valence electrons. The van der Waals surface area contributed by atoms with Crippen molar-refractivity contribution in [3.63, 3.8) is 0 Å². The third-order valence-corrected chi connectivity index (χ3v) is 2.62. The Hall–Kier alpha value is -2.04. The number of nitrogens with one attached hydrogen (secondary N) is 1. The number of nitrogens with zero attached hydrogens (tertiary/aromatic N) is 2. The molecule has 1 amide bonds. The summed E-state index contributed by atoms with van der Waals surface area (Å²) >= 11 is 0. The maximum atomic E-state index is 11.3. The van der Waals surface area contributed by atoms with Gasteiger partial charge in [-0.1, -0.05) is 0 Å². The molecule has 0 unspecified atom stereocenters. The molecule has 0 spiro atoms. The highest BCUT2D eigenvalue weighted by molar-refractivity contribution is 5.84. The van der Waals surface area contributed by atoms with Gasteiger partial charge in [0.1, 0.15) is 5.65 Å². The maximum absolute atomic E-state index is 11.3. The molecule has 2 rings (SSSR count). The monoisotopic (exact) mass is 233 g/mol. The van der Waals surface area contributed by atoms with E-state index in [0.717, 1.165) is 17.0 Å². The standard InChI is InChI=1S/C12H15N3O2/c1-4-17-12(16)14-10-5-6-11-13-8(2)9(3)15(11)7-10/h5-7H,4H2,1-3H3,(H,14,16). The summed E-state index contributed by atoms with van der Waals surface area (Å²) in [6.07, 6.45) is 1.39. The summed E-state index contributed by atoms with van der Waals surface area (Å²) in [5.41, 5.74) is 3.61. The number of hydrogen-bond acceptors (Lipinski definition) is 3. The molecule has 5 nitrogen and oxygen atoms in total. The van der Waals surface area contributed by atoms with Crippen LogP contribution in [0.15, 0.2) is 18.3 Å². The molecule has 2 aromatic heterocycles. The van der Waals surface area contributed by atoms with E-state index in [1.807, 2.05) is 30.5 Å². The van der Waals surface area contributed by atoms with Crippen LogP contribution in [0.4, 0.5) is 10.5 Å². The Morgan fingerprint density at radius 3 is 2.94 bits per heavy atom. The van der Waals surface area contributed by atoms with Gasteiger partial charge in [0.05, 0.1) is 18.0 Å². The molecule has 0 fully saturated rings. The number of fused-ring (bicyclic) bond motifs is 1. The van der Waals surface area contributed by atoms with E-state index in [9.17, 15) is 4.79 Å². The Bertz CT molecular complexity index is 560. The largest absolute Gasteiger partial charge is 0.450 e. The molecular formula is C12H15N3O2. The number of hydrogen-bond donors (Lipinski definition) is 1. The normalized spacial score (nSPS) is 10.5. The predicted molar refractivity (Wildman–Crippen MR) is 65.3 cm³/mol. The molecule has 0 aliphatic heterocycles. The molecule has 2 heterocycles. The van der Waals surface area contributed by atoms with Crippen LogP contribution in [-0.4, -0.2) is 22.1 Å². The van der Waals surface area contributed by atoms with E-state index in [2.05, 4.69) is 10.3 Å². The van der Waals surface area contributed by atoms with Gasteiger partial charge in [-0.2, -0.15) is 0 Å². The smallest absolute Gasteiger partial charge is 0.411 e. The minimum absolute atomic E-state index is 0.358.